The van der Waals surface area contributed by atoms with Crippen LogP contribution in [0.5, 0.6) is 0 Å². The predicted octanol–water partition coefficient (Wildman–Crippen LogP) is 1.33. The third-order valence-corrected chi connectivity index (χ3v) is 3.54. The van der Waals surface area contributed by atoms with Crippen LogP contribution >= 0.6 is 0 Å². The quantitative estimate of drug-likeness (QED) is 0.824. The molecule has 1 aliphatic heterocycles. The number of piperidine rings is 1. The van der Waals surface area contributed by atoms with E-state index >= 15 is 0 Å². The van der Waals surface area contributed by atoms with Gasteiger partial charge in [-0.3, -0.25) is 0 Å². The van der Waals surface area contributed by atoms with E-state index in [1.54, 1.807) is 0 Å². The van der Waals surface area contributed by atoms with Gasteiger partial charge in [-0.1, -0.05) is 24.3 Å². The zero-order valence-electron chi connectivity index (χ0n) is 10.7. The van der Waals surface area contributed by atoms with Crippen LogP contribution in [0.15, 0.2) is 24.3 Å². The van der Waals surface area contributed by atoms with Gasteiger partial charge in [0.25, 0.3) is 0 Å². The van der Waals surface area contributed by atoms with Crippen molar-refractivity contribution in [2.24, 2.45) is 5.73 Å². The van der Waals surface area contributed by atoms with Gasteiger partial charge >= 0.3 is 0 Å². The normalized spacial score (nSPS) is 18.5. The largest absolute Gasteiger partial charge is 0.326 e. The Bertz CT molecular complexity index is 343. The zero-order valence-corrected chi connectivity index (χ0v) is 10.7. The summed E-state index contributed by atoms with van der Waals surface area (Å²) in [5, 5.41) is 3.64. The molecule has 0 unspecified atom stereocenters. The number of nitrogens with zero attached hydrogens (tertiary/aromatic N) is 1. The van der Waals surface area contributed by atoms with E-state index < -0.39 is 0 Å². The number of benzene rings is 1. The van der Waals surface area contributed by atoms with E-state index in [1.807, 2.05) is 0 Å². The highest BCUT2D eigenvalue weighted by atomic mass is 15.1. The summed E-state index contributed by atoms with van der Waals surface area (Å²) in [7, 11) is 2.20. The fraction of sp³-hybridized carbons (Fsp3) is 0.571. The topological polar surface area (TPSA) is 41.3 Å². The highest BCUT2D eigenvalue weighted by molar-refractivity contribution is 5.23. The average molecular weight is 233 g/mol. The van der Waals surface area contributed by atoms with Gasteiger partial charge in [0.05, 0.1) is 0 Å². The van der Waals surface area contributed by atoms with Crippen LogP contribution < -0.4 is 11.1 Å². The molecule has 1 aliphatic rings. The Morgan fingerprint density at radius 3 is 2.71 bits per heavy atom. The first-order valence-corrected chi connectivity index (χ1v) is 6.48. The fourth-order valence-electron chi connectivity index (χ4n) is 2.34. The summed E-state index contributed by atoms with van der Waals surface area (Å²) in [6.07, 6.45) is 2.51. The lowest BCUT2D eigenvalue weighted by molar-refractivity contribution is 0.234. The van der Waals surface area contributed by atoms with E-state index in [2.05, 4.69) is 41.5 Å². The number of hydrogen-bond acceptors (Lipinski definition) is 3. The summed E-state index contributed by atoms with van der Waals surface area (Å²) in [5.74, 6) is 0. The van der Waals surface area contributed by atoms with Crippen molar-refractivity contribution in [2.45, 2.75) is 32.0 Å². The highest BCUT2D eigenvalue weighted by Gasteiger charge is 2.15. The van der Waals surface area contributed by atoms with Crippen LogP contribution in [0.25, 0.3) is 0 Å². The van der Waals surface area contributed by atoms with Gasteiger partial charge in [-0.25, -0.2) is 0 Å². The minimum absolute atomic E-state index is 0.627. The lowest BCUT2D eigenvalue weighted by Crippen LogP contribution is -2.40. The summed E-state index contributed by atoms with van der Waals surface area (Å²) in [6, 6.07) is 9.21. The highest BCUT2D eigenvalue weighted by Crippen LogP contribution is 2.10. The summed E-state index contributed by atoms with van der Waals surface area (Å²) in [5.41, 5.74) is 8.20. The van der Waals surface area contributed by atoms with E-state index in [0.717, 1.165) is 6.54 Å². The first kappa shape index (κ1) is 12.6. The molecular formula is C14H23N3. The van der Waals surface area contributed by atoms with Gasteiger partial charge in [0.15, 0.2) is 0 Å². The third kappa shape index (κ3) is 3.80. The standard InChI is InChI=1S/C14H23N3/c1-17-7-5-14(6-8-17)16-11-13-4-2-3-12(9-13)10-15/h2-4,9,14,16H,5-8,10-11,15H2,1H3. The Labute approximate surface area is 104 Å². The van der Waals surface area contributed by atoms with Crippen molar-refractivity contribution in [3.05, 3.63) is 35.4 Å². The van der Waals surface area contributed by atoms with Crippen molar-refractivity contribution >= 4 is 0 Å². The van der Waals surface area contributed by atoms with E-state index in [-0.39, 0.29) is 0 Å². The van der Waals surface area contributed by atoms with Crippen LogP contribution in [0.1, 0.15) is 24.0 Å². The minimum Gasteiger partial charge on any atom is -0.326 e. The van der Waals surface area contributed by atoms with E-state index in [4.69, 9.17) is 5.73 Å². The van der Waals surface area contributed by atoms with Crippen molar-refractivity contribution in [1.29, 1.82) is 0 Å². The van der Waals surface area contributed by atoms with Gasteiger partial charge in [-0.15, -0.1) is 0 Å². The summed E-state index contributed by atoms with van der Waals surface area (Å²) >= 11 is 0. The molecule has 17 heavy (non-hydrogen) atoms. The molecule has 3 nitrogen and oxygen atoms in total. The van der Waals surface area contributed by atoms with Gasteiger partial charge < -0.3 is 16.0 Å². The number of hydrogen-bond donors (Lipinski definition) is 2. The molecule has 0 atom stereocenters. The summed E-state index contributed by atoms with van der Waals surface area (Å²) < 4.78 is 0. The molecule has 0 radical (unpaired) electrons. The Balaban J connectivity index is 1.81. The maximum Gasteiger partial charge on any atom is 0.0208 e. The Morgan fingerprint density at radius 1 is 1.29 bits per heavy atom. The molecule has 1 fully saturated rings. The smallest absolute Gasteiger partial charge is 0.0208 e. The van der Waals surface area contributed by atoms with E-state index in [0.29, 0.717) is 12.6 Å². The SMILES string of the molecule is CN1CCC(NCc2cccc(CN)c2)CC1. The van der Waals surface area contributed by atoms with Gasteiger partial charge in [0, 0.05) is 19.1 Å². The molecule has 2 rings (SSSR count). The molecule has 94 valence electrons. The van der Waals surface area contributed by atoms with Crippen molar-refractivity contribution in [3.8, 4) is 0 Å². The molecule has 0 spiro atoms. The number of likely N-dealkylation sites (tertiary alicyclic amines) is 1. The van der Waals surface area contributed by atoms with Crippen molar-refractivity contribution < 1.29 is 0 Å². The Morgan fingerprint density at radius 2 is 2.00 bits per heavy atom. The summed E-state index contributed by atoms with van der Waals surface area (Å²) in [4.78, 5) is 2.40. The van der Waals surface area contributed by atoms with Crippen LogP contribution in [0, 0.1) is 0 Å². The van der Waals surface area contributed by atoms with Gasteiger partial charge in [-0.2, -0.15) is 0 Å². The van der Waals surface area contributed by atoms with Crippen LogP contribution in [-0.2, 0) is 13.1 Å². The fourth-order valence-corrected chi connectivity index (χ4v) is 2.34. The lowest BCUT2D eigenvalue weighted by Gasteiger charge is -2.29. The van der Waals surface area contributed by atoms with Gasteiger partial charge in [0.2, 0.25) is 0 Å². The molecule has 1 saturated heterocycles. The molecule has 0 aliphatic carbocycles. The molecule has 1 aromatic carbocycles. The molecule has 0 aromatic heterocycles. The number of rotatable bonds is 4. The van der Waals surface area contributed by atoms with Gasteiger partial charge in [-0.05, 0) is 44.1 Å². The van der Waals surface area contributed by atoms with Crippen LogP contribution in [-0.4, -0.2) is 31.1 Å². The number of nitrogens with one attached hydrogen (secondary N) is 1. The maximum absolute atomic E-state index is 5.65. The third-order valence-electron chi connectivity index (χ3n) is 3.54. The van der Waals surface area contributed by atoms with Crippen molar-refractivity contribution in [3.63, 3.8) is 0 Å². The van der Waals surface area contributed by atoms with Crippen molar-refractivity contribution in [1.82, 2.24) is 10.2 Å². The average Bonchev–Trinajstić information content (AvgIpc) is 2.38. The van der Waals surface area contributed by atoms with Crippen LogP contribution in [0.4, 0.5) is 0 Å². The Kier molecular flexibility index (Phi) is 4.54. The van der Waals surface area contributed by atoms with Crippen LogP contribution in [0.2, 0.25) is 0 Å². The molecule has 0 saturated carbocycles. The van der Waals surface area contributed by atoms with Gasteiger partial charge in [0.1, 0.15) is 0 Å². The first-order chi connectivity index (χ1) is 8.28. The second-order valence-corrected chi connectivity index (χ2v) is 4.98. The van der Waals surface area contributed by atoms with E-state index in [9.17, 15) is 0 Å². The lowest BCUT2D eigenvalue weighted by atomic mass is 10.0. The second-order valence-electron chi connectivity index (χ2n) is 4.98. The van der Waals surface area contributed by atoms with E-state index in [1.165, 1.54) is 37.1 Å². The second kappa shape index (κ2) is 6.15. The predicted molar refractivity (Wildman–Crippen MR) is 71.7 cm³/mol. The molecule has 1 aromatic rings. The maximum atomic E-state index is 5.65. The molecule has 3 heteroatoms. The molecule has 0 amide bonds. The molecule has 3 N–H and O–H groups in total. The first-order valence-electron chi connectivity index (χ1n) is 6.48. The zero-order chi connectivity index (χ0) is 12.1. The number of nitrogens with two attached hydrogens (primary N) is 1. The molecule has 0 bridgehead atoms. The summed E-state index contributed by atoms with van der Waals surface area (Å²) in [6.45, 7) is 4.01. The van der Waals surface area contributed by atoms with Crippen molar-refractivity contribution in [2.75, 3.05) is 20.1 Å². The monoisotopic (exact) mass is 233 g/mol. The van der Waals surface area contributed by atoms with Crippen LogP contribution in [0.3, 0.4) is 0 Å². The minimum atomic E-state index is 0.627. The molecule has 1 heterocycles. The molecular weight excluding hydrogens is 210 g/mol. The Hall–Kier alpha value is -0.900.